The summed E-state index contributed by atoms with van der Waals surface area (Å²) in [5.74, 6) is 4.55. The van der Waals surface area contributed by atoms with E-state index in [4.69, 9.17) is 4.74 Å². The number of pyridine rings is 1. The number of nitrogens with one attached hydrogen (secondary N) is 1. The van der Waals surface area contributed by atoms with Crippen molar-refractivity contribution in [1.29, 1.82) is 0 Å². The summed E-state index contributed by atoms with van der Waals surface area (Å²) in [6.07, 6.45) is 1.87. The maximum atomic E-state index is 5.03. The van der Waals surface area contributed by atoms with Gasteiger partial charge in [0.15, 0.2) is 0 Å². The molecule has 0 spiro atoms. The van der Waals surface area contributed by atoms with E-state index in [-0.39, 0.29) is 0 Å². The molecule has 2 heterocycles. The second kappa shape index (κ2) is 7.13. The van der Waals surface area contributed by atoms with Crippen LogP contribution in [0.25, 0.3) is 0 Å². The van der Waals surface area contributed by atoms with Gasteiger partial charge >= 0.3 is 0 Å². The Balaban J connectivity index is 1.69. The molecule has 1 aliphatic rings. The van der Waals surface area contributed by atoms with E-state index in [1.54, 1.807) is 7.11 Å². The zero-order valence-corrected chi connectivity index (χ0v) is 11.6. The molecular weight excluding hydrogens is 252 g/mol. The molecule has 1 N–H and O–H groups in total. The molecule has 1 aliphatic heterocycles. The van der Waals surface area contributed by atoms with Crippen LogP contribution < -0.4 is 10.1 Å². The molecule has 1 aromatic rings. The molecule has 1 fully saturated rings. The Morgan fingerprint density at radius 1 is 1.47 bits per heavy atom. The lowest BCUT2D eigenvalue weighted by atomic mass is 10.3. The lowest BCUT2D eigenvalue weighted by Crippen LogP contribution is -2.28. The average Bonchev–Trinajstić information content (AvgIpc) is 2.41. The molecule has 0 aromatic carbocycles. The van der Waals surface area contributed by atoms with E-state index in [9.17, 15) is 0 Å². The van der Waals surface area contributed by atoms with E-state index in [0.717, 1.165) is 18.3 Å². The number of thioether (sulfide) groups is 2. The van der Waals surface area contributed by atoms with Gasteiger partial charge in [0.1, 0.15) is 0 Å². The van der Waals surface area contributed by atoms with Crippen molar-refractivity contribution in [2.45, 2.75) is 11.8 Å². The molecule has 5 heteroatoms. The van der Waals surface area contributed by atoms with Crippen LogP contribution in [0.4, 0.5) is 0 Å². The molecule has 1 atom stereocenters. The van der Waals surface area contributed by atoms with E-state index in [1.165, 1.54) is 22.8 Å². The summed E-state index contributed by atoms with van der Waals surface area (Å²) in [5, 5.41) is 4.26. The number of aromatic nitrogens is 1. The van der Waals surface area contributed by atoms with Gasteiger partial charge in [-0.1, -0.05) is 6.07 Å². The molecular formula is C12H18N2OS2. The molecule has 2 rings (SSSR count). The summed E-state index contributed by atoms with van der Waals surface area (Å²) in [7, 11) is 1.64. The monoisotopic (exact) mass is 270 g/mol. The van der Waals surface area contributed by atoms with Gasteiger partial charge in [0.2, 0.25) is 5.88 Å². The third-order valence-corrected chi connectivity index (χ3v) is 5.44. The number of hydrogen-bond donors (Lipinski definition) is 1. The van der Waals surface area contributed by atoms with E-state index in [0.29, 0.717) is 5.88 Å². The van der Waals surface area contributed by atoms with Crippen LogP contribution in [-0.2, 0) is 6.54 Å². The van der Waals surface area contributed by atoms with Crippen molar-refractivity contribution in [3.8, 4) is 5.88 Å². The van der Waals surface area contributed by atoms with Crippen LogP contribution in [0.3, 0.4) is 0 Å². The number of hydrogen-bond acceptors (Lipinski definition) is 5. The Kier molecular flexibility index (Phi) is 5.48. The SMILES string of the molecule is COc1ccc(CNCC2CSCCS2)cn1. The first-order valence-electron chi connectivity index (χ1n) is 5.77. The van der Waals surface area contributed by atoms with Gasteiger partial charge in [-0.15, -0.1) is 0 Å². The quantitative estimate of drug-likeness (QED) is 0.885. The average molecular weight is 270 g/mol. The van der Waals surface area contributed by atoms with Crippen LogP contribution in [-0.4, -0.2) is 41.1 Å². The Labute approximate surface area is 111 Å². The highest BCUT2D eigenvalue weighted by Crippen LogP contribution is 2.23. The van der Waals surface area contributed by atoms with Gasteiger partial charge in [0.05, 0.1) is 7.11 Å². The predicted octanol–water partition coefficient (Wildman–Crippen LogP) is 2.03. The third-order valence-electron chi connectivity index (χ3n) is 2.59. The molecule has 0 saturated carbocycles. The highest BCUT2D eigenvalue weighted by Gasteiger charge is 2.13. The Bertz CT molecular complexity index is 326. The lowest BCUT2D eigenvalue weighted by molar-refractivity contribution is 0.397. The highest BCUT2D eigenvalue weighted by atomic mass is 32.2. The van der Waals surface area contributed by atoms with Crippen LogP contribution in [0.2, 0.25) is 0 Å². The minimum Gasteiger partial charge on any atom is -0.481 e. The molecule has 0 aliphatic carbocycles. The van der Waals surface area contributed by atoms with Gasteiger partial charge in [-0.25, -0.2) is 4.98 Å². The van der Waals surface area contributed by atoms with E-state index >= 15 is 0 Å². The summed E-state index contributed by atoms with van der Waals surface area (Å²) in [4.78, 5) is 4.19. The zero-order chi connectivity index (χ0) is 11.9. The number of methoxy groups -OCH3 is 1. The molecule has 94 valence electrons. The van der Waals surface area contributed by atoms with Crippen LogP contribution in [0.15, 0.2) is 18.3 Å². The molecule has 0 amide bonds. The first kappa shape index (κ1) is 13.1. The van der Waals surface area contributed by atoms with Gasteiger partial charge in [-0.05, 0) is 5.56 Å². The van der Waals surface area contributed by atoms with Gasteiger partial charge < -0.3 is 10.1 Å². The zero-order valence-electron chi connectivity index (χ0n) is 10.0. The fourth-order valence-electron chi connectivity index (χ4n) is 1.67. The number of rotatable bonds is 5. The van der Waals surface area contributed by atoms with Crippen molar-refractivity contribution < 1.29 is 4.74 Å². The molecule has 0 bridgehead atoms. The number of nitrogens with zero attached hydrogens (tertiary/aromatic N) is 1. The van der Waals surface area contributed by atoms with Gasteiger partial charge in [-0.2, -0.15) is 23.5 Å². The van der Waals surface area contributed by atoms with E-state index in [1.807, 2.05) is 12.3 Å². The van der Waals surface area contributed by atoms with E-state index in [2.05, 4.69) is 39.9 Å². The Morgan fingerprint density at radius 2 is 2.41 bits per heavy atom. The molecule has 0 radical (unpaired) electrons. The fraction of sp³-hybridized carbons (Fsp3) is 0.583. The minimum absolute atomic E-state index is 0.674. The first-order chi connectivity index (χ1) is 8.38. The summed E-state index contributed by atoms with van der Waals surface area (Å²) >= 11 is 4.15. The normalized spacial score (nSPS) is 20.2. The largest absolute Gasteiger partial charge is 0.481 e. The molecule has 1 aromatic heterocycles. The third kappa shape index (κ3) is 4.41. The fourth-order valence-corrected chi connectivity index (χ4v) is 4.31. The molecule has 17 heavy (non-hydrogen) atoms. The Morgan fingerprint density at radius 3 is 3.06 bits per heavy atom. The van der Waals surface area contributed by atoms with Gasteiger partial charge in [-0.3, -0.25) is 0 Å². The van der Waals surface area contributed by atoms with Gasteiger partial charge in [0.25, 0.3) is 0 Å². The maximum Gasteiger partial charge on any atom is 0.212 e. The highest BCUT2D eigenvalue weighted by molar-refractivity contribution is 8.06. The van der Waals surface area contributed by atoms with Crippen molar-refractivity contribution in [2.24, 2.45) is 0 Å². The Hall–Kier alpha value is -0.390. The van der Waals surface area contributed by atoms with E-state index < -0.39 is 0 Å². The maximum absolute atomic E-state index is 5.03. The van der Waals surface area contributed by atoms with Crippen molar-refractivity contribution >= 4 is 23.5 Å². The molecule has 1 saturated heterocycles. The second-order valence-electron chi connectivity index (χ2n) is 3.91. The van der Waals surface area contributed by atoms with Crippen molar-refractivity contribution in [3.05, 3.63) is 23.9 Å². The minimum atomic E-state index is 0.674. The van der Waals surface area contributed by atoms with Crippen molar-refractivity contribution in [1.82, 2.24) is 10.3 Å². The second-order valence-corrected chi connectivity index (χ2v) is 6.47. The summed E-state index contributed by atoms with van der Waals surface area (Å²) in [6.45, 7) is 1.97. The van der Waals surface area contributed by atoms with Crippen LogP contribution >= 0.6 is 23.5 Å². The number of ether oxygens (including phenoxy) is 1. The molecule has 3 nitrogen and oxygen atoms in total. The summed E-state index contributed by atoms with van der Waals surface area (Å²) in [6, 6.07) is 3.96. The first-order valence-corrected chi connectivity index (χ1v) is 7.98. The van der Waals surface area contributed by atoms with Crippen LogP contribution in [0.1, 0.15) is 5.56 Å². The van der Waals surface area contributed by atoms with Crippen LogP contribution in [0, 0.1) is 0 Å². The smallest absolute Gasteiger partial charge is 0.212 e. The standard InChI is InChI=1S/C12H18N2OS2/c1-15-12-3-2-10(7-14-12)6-13-8-11-9-16-4-5-17-11/h2-3,7,11,13H,4-6,8-9H2,1H3. The summed E-state index contributed by atoms with van der Waals surface area (Å²) < 4.78 is 5.03. The van der Waals surface area contributed by atoms with Crippen molar-refractivity contribution in [3.63, 3.8) is 0 Å². The van der Waals surface area contributed by atoms with Gasteiger partial charge in [0, 0.05) is 47.9 Å². The predicted molar refractivity (Wildman–Crippen MR) is 76.1 cm³/mol. The molecule has 1 unspecified atom stereocenters. The lowest BCUT2D eigenvalue weighted by Gasteiger charge is -2.21. The summed E-state index contributed by atoms with van der Waals surface area (Å²) in [5.41, 5.74) is 1.21. The van der Waals surface area contributed by atoms with Crippen molar-refractivity contribution in [2.75, 3.05) is 30.9 Å². The topological polar surface area (TPSA) is 34.1 Å². The van der Waals surface area contributed by atoms with Crippen LogP contribution in [0.5, 0.6) is 5.88 Å².